The van der Waals surface area contributed by atoms with E-state index in [2.05, 4.69) is 70.3 Å². The monoisotopic (exact) mass is 374 g/mol. The molecular weight excluding hydrogens is 340 g/mol. The van der Waals surface area contributed by atoms with E-state index >= 15 is 0 Å². The van der Waals surface area contributed by atoms with Crippen LogP contribution in [0.3, 0.4) is 0 Å². The van der Waals surface area contributed by atoms with E-state index in [0.29, 0.717) is 5.92 Å². The summed E-state index contributed by atoms with van der Waals surface area (Å²) >= 11 is 0. The summed E-state index contributed by atoms with van der Waals surface area (Å²) in [7, 11) is -1.56. The van der Waals surface area contributed by atoms with Crippen LogP contribution in [0.2, 0.25) is 13.1 Å². The van der Waals surface area contributed by atoms with Crippen molar-refractivity contribution in [2.45, 2.75) is 78.3 Å². The molecule has 0 atom stereocenters. The van der Waals surface area contributed by atoms with Gasteiger partial charge < -0.3 is 0 Å². The Morgan fingerprint density at radius 2 is 1.63 bits per heavy atom. The summed E-state index contributed by atoms with van der Waals surface area (Å²) in [4.78, 5) is 0. The van der Waals surface area contributed by atoms with E-state index in [0.717, 1.165) is 0 Å². The first-order chi connectivity index (χ1) is 12.9. The largest absolute Gasteiger partial charge is 0.113 e. The van der Waals surface area contributed by atoms with E-state index in [1.165, 1.54) is 49.7 Å². The molecule has 0 nitrogen and oxygen atoms in total. The average Bonchev–Trinajstić information content (AvgIpc) is 3.10. The molecule has 27 heavy (non-hydrogen) atoms. The summed E-state index contributed by atoms with van der Waals surface area (Å²) < 4.78 is 0. The van der Waals surface area contributed by atoms with Crippen molar-refractivity contribution < 1.29 is 0 Å². The van der Waals surface area contributed by atoms with Crippen molar-refractivity contribution in [2.75, 3.05) is 0 Å². The lowest BCUT2D eigenvalue weighted by Crippen LogP contribution is -2.39. The Bertz CT molecular complexity index is 881. The van der Waals surface area contributed by atoms with Gasteiger partial charge in [-0.2, -0.15) is 0 Å². The van der Waals surface area contributed by atoms with Gasteiger partial charge in [-0.05, 0) is 63.4 Å². The van der Waals surface area contributed by atoms with Gasteiger partial charge in [-0.15, -0.1) is 0 Å². The third-order valence-electron chi connectivity index (χ3n) is 6.80. The summed E-state index contributed by atoms with van der Waals surface area (Å²) in [6.45, 7) is 12.0. The summed E-state index contributed by atoms with van der Waals surface area (Å²) in [5.74, 6) is 0.598. The fourth-order valence-electron chi connectivity index (χ4n) is 5.30. The van der Waals surface area contributed by atoms with Crippen molar-refractivity contribution in [1.29, 1.82) is 0 Å². The van der Waals surface area contributed by atoms with E-state index in [4.69, 9.17) is 0 Å². The van der Waals surface area contributed by atoms with Gasteiger partial charge in [0.25, 0.3) is 0 Å². The van der Waals surface area contributed by atoms with Crippen LogP contribution in [-0.4, -0.2) is 8.07 Å². The predicted molar refractivity (Wildman–Crippen MR) is 122 cm³/mol. The number of benzene rings is 2. The molecule has 1 aliphatic carbocycles. The molecule has 0 fully saturated rings. The molecule has 2 bridgehead atoms. The molecule has 0 radical (unpaired) electrons. The van der Waals surface area contributed by atoms with Gasteiger partial charge in [-0.25, -0.2) is 0 Å². The molecule has 142 valence electrons. The van der Waals surface area contributed by atoms with Crippen LogP contribution in [0.15, 0.2) is 42.0 Å². The van der Waals surface area contributed by atoms with E-state index in [1.807, 2.05) is 0 Å². The zero-order chi connectivity index (χ0) is 19.2. The minimum atomic E-state index is -1.56. The Balaban J connectivity index is 1.75. The molecule has 2 aliphatic rings. The Morgan fingerprint density at radius 1 is 0.889 bits per heavy atom. The molecule has 2 aromatic carbocycles. The summed E-state index contributed by atoms with van der Waals surface area (Å²) in [5.41, 5.74) is 9.48. The van der Waals surface area contributed by atoms with Crippen LogP contribution in [0.4, 0.5) is 0 Å². The highest BCUT2D eigenvalue weighted by molar-refractivity contribution is 7.07. The van der Waals surface area contributed by atoms with Crippen LogP contribution in [0.1, 0.15) is 75.5 Å². The number of rotatable bonds is 7. The Labute approximate surface area is 166 Å². The second-order valence-electron chi connectivity index (χ2n) is 9.39. The topological polar surface area (TPSA) is 0 Å². The van der Waals surface area contributed by atoms with Crippen LogP contribution in [0.25, 0.3) is 16.3 Å². The van der Waals surface area contributed by atoms with Gasteiger partial charge in [-0.1, -0.05) is 95.1 Å². The Morgan fingerprint density at radius 3 is 2.30 bits per heavy atom. The van der Waals surface area contributed by atoms with Crippen molar-refractivity contribution >= 4 is 18.5 Å². The van der Waals surface area contributed by atoms with Gasteiger partial charge in [0.1, 0.15) is 8.07 Å². The number of allylic oxidation sites excluding steroid dienone is 1. The van der Waals surface area contributed by atoms with Gasteiger partial charge in [0.2, 0.25) is 0 Å². The van der Waals surface area contributed by atoms with Crippen molar-refractivity contribution in [3.8, 4) is 11.1 Å². The quantitative estimate of drug-likeness (QED) is 0.354. The third kappa shape index (κ3) is 3.04. The summed E-state index contributed by atoms with van der Waals surface area (Å²) in [6.07, 6.45) is 8.00. The van der Waals surface area contributed by atoms with Crippen molar-refractivity contribution in [3.63, 3.8) is 0 Å². The van der Waals surface area contributed by atoms with Crippen LogP contribution >= 0.6 is 0 Å². The molecule has 4 rings (SSSR count). The van der Waals surface area contributed by atoms with Crippen LogP contribution < -0.4 is 5.19 Å². The maximum atomic E-state index is 2.58. The standard InChI is InChI=1S/C26H34Si/c1-6-7-8-9-10-22-17-21-15-16-23-24(25(21)26(22)27(23,4)5)20-13-11-19(12-14-20)18(2)3/h11-16,18H,6-10,17H2,1-5H3. The summed E-state index contributed by atoms with van der Waals surface area (Å²) in [5, 5.41) is 3.47. The minimum Gasteiger partial charge on any atom is -0.0655 e. The third-order valence-corrected chi connectivity index (χ3v) is 10.4. The van der Waals surface area contributed by atoms with Crippen LogP contribution in [-0.2, 0) is 6.42 Å². The number of unbranched alkanes of at least 4 members (excludes halogenated alkanes) is 3. The molecule has 0 saturated heterocycles. The zero-order valence-corrected chi connectivity index (χ0v) is 18.8. The van der Waals surface area contributed by atoms with Crippen molar-refractivity contribution in [2.24, 2.45) is 0 Å². The van der Waals surface area contributed by atoms with Crippen molar-refractivity contribution in [1.82, 2.24) is 0 Å². The maximum absolute atomic E-state index is 2.58. The normalized spacial score (nSPS) is 16.7. The average molecular weight is 375 g/mol. The molecule has 1 heterocycles. The number of hydrogen-bond acceptors (Lipinski definition) is 0. The fraction of sp³-hybridized carbons (Fsp3) is 0.462. The molecule has 0 spiro atoms. The second-order valence-corrected chi connectivity index (χ2v) is 13.7. The molecule has 0 aromatic heterocycles. The smallest absolute Gasteiger partial charge is 0.0655 e. The van der Waals surface area contributed by atoms with Gasteiger partial charge in [0, 0.05) is 0 Å². The molecule has 2 aromatic rings. The lowest BCUT2D eigenvalue weighted by molar-refractivity contribution is 0.662. The first-order valence-corrected chi connectivity index (χ1v) is 13.9. The second kappa shape index (κ2) is 7.09. The molecule has 0 saturated carbocycles. The predicted octanol–water partition coefficient (Wildman–Crippen LogP) is 7.23. The van der Waals surface area contributed by atoms with Gasteiger partial charge >= 0.3 is 0 Å². The van der Waals surface area contributed by atoms with Crippen molar-refractivity contribution in [3.05, 3.63) is 58.7 Å². The lowest BCUT2D eigenvalue weighted by Gasteiger charge is -2.22. The summed E-state index contributed by atoms with van der Waals surface area (Å²) in [6, 6.07) is 14.3. The van der Waals surface area contributed by atoms with Gasteiger partial charge in [0.15, 0.2) is 0 Å². The highest BCUT2D eigenvalue weighted by atomic mass is 28.3. The molecule has 0 amide bonds. The first-order valence-electron chi connectivity index (χ1n) is 10.9. The molecule has 1 heteroatoms. The highest BCUT2D eigenvalue weighted by Gasteiger charge is 2.45. The molecule has 1 aliphatic heterocycles. The highest BCUT2D eigenvalue weighted by Crippen LogP contribution is 2.50. The molecule has 0 N–H and O–H groups in total. The molecular formula is C26H34Si. The van der Waals surface area contributed by atoms with Gasteiger partial charge in [-0.3, -0.25) is 0 Å². The fourth-order valence-corrected chi connectivity index (χ4v) is 8.97. The van der Waals surface area contributed by atoms with E-state index in [9.17, 15) is 0 Å². The SMILES string of the molecule is CCCCCCC1=C2c3c(ccc(c3-c3ccc(C(C)C)cc3)[Si]2(C)C)C1. The van der Waals surface area contributed by atoms with Gasteiger partial charge in [0.05, 0.1) is 0 Å². The van der Waals surface area contributed by atoms with E-state index in [-0.39, 0.29) is 0 Å². The minimum absolute atomic E-state index is 0.598. The number of hydrogen-bond donors (Lipinski definition) is 0. The van der Waals surface area contributed by atoms with E-state index < -0.39 is 8.07 Å². The molecule has 0 unspecified atom stereocenters. The Hall–Kier alpha value is -1.60. The lowest BCUT2D eigenvalue weighted by atomic mass is 9.94. The first kappa shape index (κ1) is 18.7. The Kier molecular flexibility index (Phi) is 4.92. The van der Waals surface area contributed by atoms with E-state index in [1.54, 1.807) is 32.6 Å². The van der Waals surface area contributed by atoms with Crippen LogP contribution in [0.5, 0.6) is 0 Å². The maximum Gasteiger partial charge on any atom is 0.113 e. The number of fused-ring (bicyclic) bond motifs is 1. The zero-order valence-electron chi connectivity index (χ0n) is 17.8. The van der Waals surface area contributed by atoms with Crippen LogP contribution in [0, 0.1) is 0 Å².